The Morgan fingerprint density at radius 3 is 1.42 bits per heavy atom. The van der Waals surface area contributed by atoms with Gasteiger partial charge in [-0.25, -0.2) is 0 Å². The molecular formula is C5H12N2O4Pt. The van der Waals surface area contributed by atoms with E-state index in [2.05, 4.69) is 0 Å². The minimum absolute atomic E-state index is 0. The molecule has 12 heavy (non-hydrogen) atoms. The molecule has 0 rings (SSSR count). The summed E-state index contributed by atoms with van der Waals surface area (Å²) >= 11 is 0. The fraction of sp³-hybridized carbons (Fsp3) is 0.600. The number of carboxylic acids is 2. The zero-order chi connectivity index (χ0) is 7.44. The van der Waals surface area contributed by atoms with Crippen LogP contribution in [0.4, 0.5) is 0 Å². The van der Waals surface area contributed by atoms with Crippen LogP contribution in [0.5, 0.6) is 0 Å². The monoisotopic (exact) mass is 359 g/mol. The van der Waals surface area contributed by atoms with Crippen LogP contribution in [0.1, 0.15) is 13.3 Å². The van der Waals surface area contributed by atoms with E-state index in [-0.39, 0.29) is 39.8 Å². The van der Waals surface area contributed by atoms with Crippen LogP contribution < -0.4 is 22.5 Å². The van der Waals surface area contributed by atoms with Crippen LogP contribution >= 0.6 is 0 Å². The second-order valence-electron chi connectivity index (χ2n) is 1.60. The molecule has 0 heterocycles. The van der Waals surface area contributed by atoms with Gasteiger partial charge in [0.2, 0.25) is 0 Å². The number of carbonyl (C=O) groups excluding carboxylic acids is 2. The van der Waals surface area contributed by atoms with Crippen molar-refractivity contribution in [1.29, 1.82) is 0 Å². The Labute approximate surface area is 84.8 Å². The van der Waals surface area contributed by atoms with Gasteiger partial charge in [-0.3, -0.25) is 0 Å². The summed E-state index contributed by atoms with van der Waals surface area (Å²) in [5.74, 6) is -4.64. The van der Waals surface area contributed by atoms with E-state index in [1.54, 1.807) is 0 Å². The fourth-order valence-corrected chi connectivity index (χ4v) is 0.430. The molecule has 6 nitrogen and oxygen atoms in total. The van der Waals surface area contributed by atoms with Crippen LogP contribution in [0.3, 0.4) is 0 Å². The minimum atomic E-state index is -1.59. The van der Waals surface area contributed by atoms with Gasteiger partial charge in [0.05, 0.1) is 11.9 Å². The van der Waals surface area contributed by atoms with Crippen molar-refractivity contribution in [1.82, 2.24) is 12.3 Å². The van der Waals surface area contributed by atoms with Gasteiger partial charge in [0, 0.05) is 5.92 Å². The molecule has 0 unspecified atom stereocenters. The molecule has 7 heteroatoms. The van der Waals surface area contributed by atoms with Crippen molar-refractivity contribution in [3.05, 3.63) is 0 Å². The molecule has 0 aromatic heterocycles. The SMILES string of the molecule is CCC(C(=O)[O-])C(=O)[O-].N.N.[Pt+2]. The molecule has 0 amide bonds. The van der Waals surface area contributed by atoms with Crippen molar-refractivity contribution in [3.8, 4) is 0 Å². The molecule has 0 aliphatic heterocycles. The first-order valence-corrected chi connectivity index (χ1v) is 2.51. The molecule has 0 atom stereocenters. The molecule has 0 aliphatic carbocycles. The molecule has 0 saturated carbocycles. The van der Waals surface area contributed by atoms with E-state index in [1.807, 2.05) is 0 Å². The summed E-state index contributed by atoms with van der Waals surface area (Å²) in [4.78, 5) is 19.7. The van der Waals surface area contributed by atoms with Crippen LogP contribution in [0.25, 0.3) is 0 Å². The predicted molar refractivity (Wildman–Crippen MR) is 33.8 cm³/mol. The van der Waals surface area contributed by atoms with Gasteiger partial charge < -0.3 is 32.1 Å². The molecule has 0 saturated heterocycles. The maximum atomic E-state index is 9.84. The maximum absolute atomic E-state index is 9.84. The zero-order valence-corrected chi connectivity index (χ0v) is 8.92. The van der Waals surface area contributed by atoms with Crippen molar-refractivity contribution in [2.45, 2.75) is 13.3 Å². The zero-order valence-electron chi connectivity index (χ0n) is 6.65. The van der Waals surface area contributed by atoms with Gasteiger partial charge in [-0.15, -0.1) is 0 Å². The van der Waals surface area contributed by atoms with E-state index < -0.39 is 17.9 Å². The van der Waals surface area contributed by atoms with Crippen LogP contribution in [0, 0.1) is 5.92 Å². The molecule has 0 radical (unpaired) electrons. The van der Waals surface area contributed by atoms with Gasteiger partial charge in [0.1, 0.15) is 0 Å². The first kappa shape index (κ1) is 22.6. The largest absolute Gasteiger partial charge is 2.00 e. The number of hydrogen-bond acceptors (Lipinski definition) is 6. The molecule has 0 aromatic rings. The quantitative estimate of drug-likeness (QED) is 0.548. The second kappa shape index (κ2) is 10.5. The van der Waals surface area contributed by atoms with E-state index in [0.29, 0.717) is 0 Å². The van der Waals surface area contributed by atoms with Gasteiger partial charge in [-0.2, -0.15) is 0 Å². The predicted octanol–water partition coefficient (Wildman–Crippen LogP) is -2.17. The molecule has 6 N–H and O–H groups in total. The maximum Gasteiger partial charge on any atom is 2.00 e. The Morgan fingerprint density at radius 2 is 1.42 bits per heavy atom. The number of carboxylic acid groups (broad SMARTS) is 2. The Morgan fingerprint density at radius 1 is 1.17 bits per heavy atom. The third kappa shape index (κ3) is 7.65. The Kier molecular flexibility index (Phi) is 19.8. The van der Waals surface area contributed by atoms with E-state index >= 15 is 0 Å². The van der Waals surface area contributed by atoms with E-state index in [1.165, 1.54) is 6.92 Å². The molecule has 0 fully saturated rings. The minimum Gasteiger partial charge on any atom is -0.549 e. The standard InChI is InChI=1S/C5H8O4.2H3N.Pt/c1-2-3(4(6)7)5(8)9;;;/h3H,2H2,1H3,(H,6,7)(H,8,9);2*1H3;/q;;;+2/p-2. The van der Waals surface area contributed by atoms with Crippen molar-refractivity contribution in [3.63, 3.8) is 0 Å². The van der Waals surface area contributed by atoms with Gasteiger partial charge in [0.25, 0.3) is 0 Å². The molecule has 76 valence electrons. The normalized spacial score (nSPS) is 7.17. The molecule has 0 bridgehead atoms. The van der Waals surface area contributed by atoms with Crippen LogP contribution in [-0.4, -0.2) is 11.9 Å². The Bertz CT molecular complexity index is 127. The topological polar surface area (TPSA) is 150 Å². The van der Waals surface area contributed by atoms with E-state index in [4.69, 9.17) is 0 Å². The fourth-order valence-electron chi connectivity index (χ4n) is 0.430. The number of aliphatic carboxylic acids is 2. The third-order valence-electron chi connectivity index (χ3n) is 0.977. The van der Waals surface area contributed by atoms with Gasteiger partial charge in [-0.05, 0) is 6.42 Å². The summed E-state index contributed by atoms with van der Waals surface area (Å²) in [6, 6.07) is 0. The molecule has 0 aromatic carbocycles. The van der Waals surface area contributed by atoms with Gasteiger partial charge >= 0.3 is 21.1 Å². The van der Waals surface area contributed by atoms with Crippen molar-refractivity contribution < 1.29 is 40.9 Å². The van der Waals surface area contributed by atoms with Crippen LogP contribution in [0.2, 0.25) is 0 Å². The van der Waals surface area contributed by atoms with Gasteiger partial charge in [-0.1, -0.05) is 6.92 Å². The molecular weight excluding hydrogens is 347 g/mol. The van der Waals surface area contributed by atoms with Crippen molar-refractivity contribution in [2.24, 2.45) is 5.92 Å². The van der Waals surface area contributed by atoms with E-state index in [9.17, 15) is 19.8 Å². The Balaban J connectivity index is -0.000000107. The first-order valence-electron chi connectivity index (χ1n) is 2.51. The Hall–Kier alpha value is -0.452. The van der Waals surface area contributed by atoms with Crippen LogP contribution in [0.15, 0.2) is 0 Å². The first-order chi connectivity index (χ1) is 4.09. The van der Waals surface area contributed by atoms with Gasteiger partial charge in [0.15, 0.2) is 0 Å². The summed E-state index contributed by atoms with van der Waals surface area (Å²) in [5, 5.41) is 19.7. The summed E-state index contributed by atoms with van der Waals surface area (Å²) in [6.45, 7) is 1.44. The van der Waals surface area contributed by atoms with Crippen molar-refractivity contribution >= 4 is 11.9 Å². The summed E-state index contributed by atoms with van der Waals surface area (Å²) in [7, 11) is 0. The van der Waals surface area contributed by atoms with Crippen LogP contribution in [-0.2, 0) is 30.7 Å². The average Bonchev–Trinajstić information content (AvgIpc) is 1.64. The third-order valence-corrected chi connectivity index (χ3v) is 0.977. The number of rotatable bonds is 3. The summed E-state index contributed by atoms with van der Waals surface area (Å²) < 4.78 is 0. The molecule has 0 spiro atoms. The smallest absolute Gasteiger partial charge is 0.549 e. The molecule has 0 aliphatic rings. The average molecular weight is 359 g/mol. The summed E-state index contributed by atoms with van der Waals surface area (Å²) in [6.07, 6.45) is 0.00463. The number of hydrogen-bond donors (Lipinski definition) is 2. The van der Waals surface area contributed by atoms with Crippen molar-refractivity contribution in [2.75, 3.05) is 0 Å². The number of carbonyl (C=O) groups is 2. The second-order valence-corrected chi connectivity index (χ2v) is 1.60. The summed E-state index contributed by atoms with van der Waals surface area (Å²) in [5.41, 5.74) is 0. The van der Waals surface area contributed by atoms with E-state index in [0.717, 1.165) is 0 Å².